The standard InChI is InChI=1S/C31H28N2O3/c1-20-10-13-26(15-22(20)3)33-31(34)25(18-32)16-24-12-14-27(35-4)17-30(24)36-19-29-21(2)9-11-23-7-5-6-8-28(23)29/h5-17H,19H2,1-4H3,(H,33,34)/b25-16+. The van der Waals surface area contributed by atoms with E-state index in [1.807, 2.05) is 50.2 Å². The average molecular weight is 477 g/mol. The molecule has 0 aliphatic rings. The van der Waals surface area contributed by atoms with Gasteiger partial charge in [0.1, 0.15) is 29.7 Å². The zero-order valence-corrected chi connectivity index (χ0v) is 20.9. The Labute approximate surface area is 211 Å². The maximum absolute atomic E-state index is 12.9. The summed E-state index contributed by atoms with van der Waals surface area (Å²) in [5.74, 6) is 0.663. The van der Waals surface area contributed by atoms with Crippen molar-refractivity contribution in [3.8, 4) is 17.6 Å². The highest BCUT2D eigenvalue weighted by Gasteiger charge is 2.14. The van der Waals surface area contributed by atoms with Gasteiger partial charge in [0.05, 0.1) is 7.11 Å². The Kier molecular flexibility index (Phi) is 7.36. The molecule has 4 rings (SSSR count). The highest BCUT2D eigenvalue weighted by atomic mass is 16.5. The first kappa shape index (κ1) is 24.6. The summed E-state index contributed by atoms with van der Waals surface area (Å²) < 4.78 is 11.7. The van der Waals surface area contributed by atoms with Gasteiger partial charge in [-0.3, -0.25) is 4.79 Å². The lowest BCUT2D eigenvalue weighted by Gasteiger charge is -2.15. The second-order valence-electron chi connectivity index (χ2n) is 8.70. The van der Waals surface area contributed by atoms with Gasteiger partial charge in [-0.15, -0.1) is 0 Å². The van der Waals surface area contributed by atoms with Gasteiger partial charge < -0.3 is 14.8 Å². The number of aryl methyl sites for hydroxylation is 3. The molecule has 0 saturated heterocycles. The van der Waals surface area contributed by atoms with Crippen LogP contribution < -0.4 is 14.8 Å². The van der Waals surface area contributed by atoms with E-state index < -0.39 is 5.91 Å². The van der Waals surface area contributed by atoms with Gasteiger partial charge in [0, 0.05) is 22.9 Å². The summed E-state index contributed by atoms with van der Waals surface area (Å²) in [6.07, 6.45) is 1.54. The molecule has 36 heavy (non-hydrogen) atoms. The van der Waals surface area contributed by atoms with E-state index >= 15 is 0 Å². The summed E-state index contributed by atoms with van der Waals surface area (Å²) >= 11 is 0. The Morgan fingerprint density at radius 3 is 2.47 bits per heavy atom. The predicted molar refractivity (Wildman–Crippen MR) is 144 cm³/mol. The first-order valence-corrected chi connectivity index (χ1v) is 11.7. The molecule has 0 aliphatic carbocycles. The molecule has 4 aromatic rings. The first-order valence-electron chi connectivity index (χ1n) is 11.7. The Bertz CT molecular complexity index is 1510. The molecular formula is C31H28N2O3. The van der Waals surface area contributed by atoms with E-state index in [0.717, 1.165) is 33.0 Å². The molecule has 1 amide bonds. The van der Waals surface area contributed by atoms with Crippen LogP contribution in [0.3, 0.4) is 0 Å². The van der Waals surface area contributed by atoms with Crippen LogP contribution in [-0.2, 0) is 11.4 Å². The van der Waals surface area contributed by atoms with E-state index in [2.05, 4.69) is 36.5 Å². The number of nitrogens with one attached hydrogen (secondary N) is 1. The molecule has 4 aromatic carbocycles. The fraction of sp³-hybridized carbons (Fsp3) is 0.161. The predicted octanol–water partition coefficient (Wildman–Crippen LogP) is 6.90. The third kappa shape index (κ3) is 5.39. The number of anilines is 1. The number of nitriles is 1. The monoisotopic (exact) mass is 476 g/mol. The van der Waals surface area contributed by atoms with Gasteiger partial charge in [-0.1, -0.05) is 42.5 Å². The third-order valence-corrected chi connectivity index (χ3v) is 6.30. The van der Waals surface area contributed by atoms with E-state index in [-0.39, 0.29) is 5.57 Å². The molecule has 5 nitrogen and oxygen atoms in total. The number of carbonyl (C=O) groups is 1. The van der Waals surface area contributed by atoms with Crippen molar-refractivity contribution >= 4 is 28.4 Å². The molecule has 0 fully saturated rings. The van der Waals surface area contributed by atoms with Crippen molar-refractivity contribution in [1.29, 1.82) is 5.26 Å². The molecule has 0 aromatic heterocycles. The van der Waals surface area contributed by atoms with Crippen molar-refractivity contribution in [3.05, 3.63) is 106 Å². The smallest absolute Gasteiger partial charge is 0.266 e. The Morgan fingerprint density at radius 1 is 0.944 bits per heavy atom. The van der Waals surface area contributed by atoms with Gasteiger partial charge in [0.25, 0.3) is 5.91 Å². The molecule has 0 saturated carbocycles. The fourth-order valence-electron chi connectivity index (χ4n) is 3.99. The van der Waals surface area contributed by atoms with Crippen LogP contribution in [0.15, 0.2) is 78.4 Å². The molecule has 0 unspecified atom stereocenters. The molecule has 5 heteroatoms. The van der Waals surface area contributed by atoms with E-state index in [9.17, 15) is 10.1 Å². The van der Waals surface area contributed by atoms with Crippen molar-refractivity contribution in [2.45, 2.75) is 27.4 Å². The molecule has 0 bridgehead atoms. The molecule has 180 valence electrons. The number of benzene rings is 4. The molecule has 0 heterocycles. The highest BCUT2D eigenvalue weighted by Crippen LogP contribution is 2.30. The van der Waals surface area contributed by atoms with Gasteiger partial charge in [0.15, 0.2) is 0 Å². The van der Waals surface area contributed by atoms with Crippen molar-refractivity contribution < 1.29 is 14.3 Å². The molecule has 1 N–H and O–H groups in total. The van der Waals surface area contributed by atoms with E-state index in [1.54, 1.807) is 31.4 Å². The number of hydrogen-bond donors (Lipinski definition) is 1. The third-order valence-electron chi connectivity index (χ3n) is 6.30. The Balaban J connectivity index is 1.64. The summed E-state index contributed by atoms with van der Waals surface area (Å²) in [6, 6.07) is 25.4. The van der Waals surface area contributed by atoms with Crippen LogP contribution in [0.2, 0.25) is 0 Å². The minimum absolute atomic E-state index is 0.0235. The van der Waals surface area contributed by atoms with Crippen LogP contribution in [-0.4, -0.2) is 13.0 Å². The lowest BCUT2D eigenvalue weighted by molar-refractivity contribution is -0.112. The fourth-order valence-corrected chi connectivity index (χ4v) is 3.99. The second-order valence-corrected chi connectivity index (χ2v) is 8.70. The van der Waals surface area contributed by atoms with Crippen molar-refractivity contribution in [2.75, 3.05) is 12.4 Å². The quantitative estimate of drug-likeness (QED) is 0.233. The molecule has 0 radical (unpaired) electrons. The maximum Gasteiger partial charge on any atom is 0.266 e. The van der Waals surface area contributed by atoms with Gasteiger partial charge in [-0.25, -0.2) is 0 Å². The van der Waals surface area contributed by atoms with Crippen molar-refractivity contribution in [2.24, 2.45) is 0 Å². The average Bonchev–Trinajstić information content (AvgIpc) is 2.89. The lowest BCUT2D eigenvalue weighted by Crippen LogP contribution is -2.13. The topological polar surface area (TPSA) is 71.3 Å². The van der Waals surface area contributed by atoms with Gasteiger partial charge in [-0.2, -0.15) is 5.26 Å². The van der Waals surface area contributed by atoms with E-state index in [0.29, 0.717) is 29.4 Å². The largest absolute Gasteiger partial charge is 0.497 e. The maximum atomic E-state index is 12.9. The van der Waals surface area contributed by atoms with Gasteiger partial charge in [0.2, 0.25) is 0 Å². The van der Waals surface area contributed by atoms with Crippen molar-refractivity contribution in [1.82, 2.24) is 0 Å². The normalized spacial score (nSPS) is 11.1. The number of rotatable bonds is 7. The molecule has 0 atom stereocenters. The van der Waals surface area contributed by atoms with Crippen molar-refractivity contribution in [3.63, 3.8) is 0 Å². The second kappa shape index (κ2) is 10.8. The van der Waals surface area contributed by atoms with E-state index in [1.165, 1.54) is 0 Å². The number of carbonyl (C=O) groups excluding carboxylic acids is 1. The summed E-state index contributed by atoms with van der Waals surface area (Å²) in [7, 11) is 1.58. The Morgan fingerprint density at radius 2 is 1.72 bits per heavy atom. The van der Waals surface area contributed by atoms with Gasteiger partial charge in [-0.05, 0) is 78.6 Å². The zero-order chi connectivity index (χ0) is 25.7. The number of methoxy groups -OCH3 is 1. The highest BCUT2D eigenvalue weighted by molar-refractivity contribution is 6.09. The molecule has 0 aliphatic heterocycles. The van der Waals surface area contributed by atoms with Crippen LogP contribution >= 0.6 is 0 Å². The summed E-state index contributed by atoms with van der Waals surface area (Å²) in [6.45, 7) is 6.37. The van der Waals surface area contributed by atoms with Crippen LogP contribution in [0, 0.1) is 32.1 Å². The summed E-state index contributed by atoms with van der Waals surface area (Å²) in [5, 5.41) is 14.8. The number of ether oxygens (including phenoxy) is 2. The number of fused-ring (bicyclic) bond motifs is 1. The van der Waals surface area contributed by atoms with Crippen LogP contribution in [0.5, 0.6) is 11.5 Å². The van der Waals surface area contributed by atoms with Crippen LogP contribution in [0.25, 0.3) is 16.8 Å². The number of amides is 1. The van der Waals surface area contributed by atoms with E-state index in [4.69, 9.17) is 9.47 Å². The molecular weight excluding hydrogens is 448 g/mol. The lowest BCUT2D eigenvalue weighted by atomic mass is 10.0. The molecule has 0 spiro atoms. The summed E-state index contributed by atoms with van der Waals surface area (Å²) in [4.78, 5) is 12.9. The van der Waals surface area contributed by atoms with Crippen LogP contribution in [0.4, 0.5) is 5.69 Å². The summed E-state index contributed by atoms with van der Waals surface area (Å²) in [5.41, 5.74) is 5.63. The Hall–Kier alpha value is -4.56. The zero-order valence-electron chi connectivity index (χ0n) is 20.9. The number of hydrogen-bond acceptors (Lipinski definition) is 4. The first-order chi connectivity index (χ1) is 17.4. The van der Waals surface area contributed by atoms with Crippen LogP contribution in [0.1, 0.15) is 27.8 Å². The van der Waals surface area contributed by atoms with Gasteiger partial charge >= 0.3 is 0 Å². The number of nitrogens with zero attached hydrogens (tertiary/aromatic N) is 1. The minimum Gasteiger partial charge on any atom is -0.497 e. The SMILES string of the molecule is COc1ccc(/C=C(\C#N)C(=O)Nc2ccc(C)c(C)c2)c(OCc2c(C)ccc3ccccc23)c1. The minimum atomic E-state index is -0.479.